The third-order valence-electron chi connectivity index (χ3n) is 5.20. The third-order valence-corrected chi connectivity index (χ3v) is 5.20. The number of ether oxygens (including phenoxy) is 4. The third kappa shape index (κ3) is 4.71. The molecule has 0 saturated carbocycles. The van der Waals surface area contributed by atoms with Crippen molar-refractivity contribution in [3.8, 4) is 17.2 Å². The largest absolute Gasteiger partial charge is 0.493 e. The van der Waals surface area contributed by atoms with Gasteiger partial charge in [0.15, 0.2) is 11.5 Å². The Morgan fingerprint density at radius 1 is 0.966 bits per heavy atom. The number of carbonyl (C=O) groups excluding carboxylic acids is 1. The van der Waals surface area contributed by atoms with Crippen LogP contribution in [0.2, 0.25) is 0 Å². The smallest absolute Gasteiger partial charge is 0.331 e. The number of rotatable bonds is 7. The summed E-state index contributed by atoms with van der Waals surface area (Å²) in [6, 6.07) is 13.6. The molecule has 0 atom stereocenters. The van der Waals surface area contributed by atoms with E-state index in [4.69, 9.17) is 18.9 Å². The Kier molecular flexibility index (Phi) is 6.77. The van der Waals surface area contributed by atoms with E-state index in [-0.39, 0.29) is 5.97 Å². The number of methoxy groups -OCH3 is 3. The molecule has 0 amide bonds. The summed E-state index contributed by atoms with van der Waals surface area (Å²) >= 11 is 0. The summed E-state index contributed by atoms with van der Waals surface area (Å²) in [5.74, 6) is 1.20. The normalized spacial score (nSPS) is 15.7. The van der Waals surface area contributed by atoms with E-state index in [0.717, 1.165) is 37.1 Å². The predicted octanol–water partition coefficient (Wildman–Crippen LogP) is 2.52. The summed E-state index contributed by atoms with van der Waals surface area (Å²) in [6.45, 7) is 1.86. The van der Waals surface area contributed by atoms with Gasteiger partial charge in [-0.1, -0.05) is 30.3 Å². The molecule has 0 radical (unpaired) electrons. The first-order valence-corrected chi connectivity index (χ1v) is 9.70. The number of hydrogen-bond acceptors (Lipinski definition) is 5. The lowest BCUT2D eigenvalue weighted by Crippen LogP contribution is -2.87. The van der Waals surface area contributed by atoms with Crippen molar-refractivity contribution in [2.75, 3.05) is 34.4 Å². The average molecular weight is 398 g/mol. The van der Waals surface area contributed by atoms with E-state index in [2.05, 4.69) is 5.32 Å². The van der Waals surface area contributed by atoms with Gasteiger partial charge in [-0.3, -0.25) is 0 Å². The monoisotopic (exact) mass is 398 g/mol. The first-order chi connectivity index (χ1) is 14.1. The fourth-order valence-electron chi connectivity index (χ4n) is 3.72. The van der Waals surface area contributed by atoms with Crippen LogP contribution < -0.4 is 19.5 Å². The molecule has 0 bridgehead atoms. The van der Waals surface area contributed by atoms with E-state index in [1.165, 1.54) is 6.08 Å². The van der Waals surface area contributed by atoms with Crippen LogP contribution in [0.25, 0.3) is 6.08 Å². The molecule has 0 aliphatic carbocycles. The summed E-state index contributed by atoms with van der Waals surface area (Å²) in [5, 5.41) is 2.25. The van der Waals surface area contributed by atoms with Crippen molar-refractivity contribution in [3.63, 3.8) is 0 Å². The number of esters is 1. The molecular formula is C23H28NO5+. The van der Waals surface area contributed by atoms with E-state index in [1.807, 2.05) is 30.3 Å². The van der Waals surface area contributed by atoms with Crippen LogP contribution in [0, 0.1) is 0 Å². The molecule has 3 rings (SSSR count). The molecule has 0 spiro atoms. The van der Waals surface area contributed by atoms with Gasteiger partial charge in [0.25, 0.3) is 0 Å². The van der Waals surface area contributed by atoms with Crippen LogP contribution in [-0.4, -0.2) is 40.4 Å². The highest BCUT2D eigenvalue weighted by Gasteiger charge is 2.39. The summed E-state index contributed by atoms with van der Waals surface area (Å²) in [5.41, 5.74) is 1.22. The minimum atomic E-state index is -0.577. The Morgan fingerprint density at radius 2 is 1.59 bits per heavy atom. The van der Waals surface area contributed by atoms with Gasteiger partial charge < -0.3 is 24.3 Å². The van der Waals surface area contributed by atoms with Crippen molar-refractivity contribution in [3.05, 3.63) is 59.7 Å². The van der Waals surface area contributed by atoms with Crippen molar-refractivity contribution in [2.24, 2.45) is 0 Å². The molecule has 1 aliphatic rings. The van der Waals surface area contributed by atoms with Gasteiger partial charge in [-0.15, -0.1) is 0 Å². The Labute approximate surface area is 171 Å². The second-order valence-corrected chi connectivity index (χ2v) is 6.94. The average Bonchev–Trinajstić information content (AvgIpc) is 2.78. The van der Waals surface area contributed by atoms with Gasteiger partial charge in [0.2, 0.25) is 5.75 Å². The van der Waals surface area contributed by atoms with Gasteiger partial charge in [-0.2, -0.15) is 0 Å². The van der Waals surface area contributed by atoms with Gasteiger partial charge in [0.1, 0.15) is 5.60 Å². The van der Waals surface area contributed by atoms with Crippen LogP contribution in [0.5, 0.6) is 17.2 Å². The highest BCUT2D eigenvalue weighted by molar-refractivity contribution is 5.87. The maximum Gasteiger partial charge on any atom is 0.331 e. The van der Waals surface area contributed by atoms with E-state index in [0.29, 0.717) is 17.2 Å². The van der Waals surface area contributed by atoms with E-state index < -0.39 is 5.60 Å². The lowest BCUT2D eigenvalue weighted by atomic mass is 9.85. The van der Waals surface area contributed by atoms with E-state index >= 15 is 0 Å². The molecule has 1 heterocycles. The fraction of sp³-hybridized carbons (Fsp3) is 0.348. The fourth-order valence-corrected chi connectivity index (χ4v) is 3.72. The number of nitrogens with two attached hydrogens (primary N) is 1. The highest BCUT2D eigenvalue weighted by Crippen LogP contribution is 2.38. The second kappa shape index (κ2) is 9.47. The van der Waals surface area contributed by atoms with Gasteiger partial charge in [-0.05, 0) is 29.3 Å². The first-order valence-electron chi connectivity index (χ1n) is 9.70. The standard InChI is InChI=1S/C23H27NO5/c1-26-19-15-17(16-20(27-2)22(19)28-3)9-10-21(25)29-23(11-13-24-14-12-23)18-7-5-4-6-8-18/h4-10,15-16,24H,11-14H2,1-3H3/p+1/b10-9+. The van der Waals surface area contributed by atoms with Crippen molar-refractivity contribution in [1.82, 2.24) is 0 Å². The van der Waals surface area contributed by atoms with Crippen LogP contribution in [-0.2, 0) is 15.1 Å². The Bertz CT molecular complexity index is 832. The summed E-state index contributed by atoms with van der Waals surface area (Å²) in [4.78, 5) is 12.7. The second-order valence-electron chi connectivity index (χ2n) is 6.94. The molecule has 2 aromatic carbocycles. The van der Waals surface area contributed by atoms with Crippen LogP contribution in [0.3, 0.4) is 0 Å². The number of carbonyl (C=O) groups is 1. The molecule has 2 N–H and O–H groups in total. The molecular weight excluding hydrogens is 370 g/mol. The molecule has 154 valence electrons. The Hall–Kier alpha value is -2.99. The molecule has 6 nitrogen and oxygen atoms in total. The molecule has 6 heteroatoms. The van der Waals surface area contributed by atoms with Crippen molar-refractivity contribution in [1.29, 1.82) is 0 Å². The SMILES string of the molecule is COc1cc(/C=C/C(=O)OC2(c3ccccc3)CC[NH2+]CC2)cc(OC)c1OC. The van der Waals surface area contributed by atoms with Crippen LogP contribution in [0.4, 0.5) is 0 Å². The molecule has 29 heavy (non-hydrogen) atoms. The minimum absolute atomic E-state index is 0.371. The zero-order valence-corrected chi connectivity index (χ0v) is 17.1. The number of hydrogen-bond donors (Lipinski definition) is 1. The van der Waals surface area contributed by atoms with E-state index in [9.17, 15) is 4.79 Å². The maximum atomic E-state index is 12.7. The number of benzene rings is 2. The molecule has 1 aliphatic heterocycles. The topological polar surface area (TPSA) is 70.6 Å². The predicted molar refractivity (Wildman–Crippen MR) is 110 cm³/mol. The minimum Gasteiger partial charge on any atom is -0.493 e. The van der Waals surface area contributed by atoms with Crippen LogP contribution >= 0.6 is 0 Å². The Balaban J connectivity index is 1.81. The molecule has 1 saturated heterocycles. The summed E-state index contributed by atoms with van der Waals surface area (Å²) < 4.78 is 22.1. The number of piperidine rings is 1. The molecule has 0 aromatic heterocycles. The zero-order chi connectivity index (χ0) is 20.7. The van der Waals surface area contributed by atoms with Crippen molar-refractivity contribution >= 4 is 12.0 Å². The lowest BCUT2D eigenvalue weighted by molar-refractivity contribution is -0.668. The molecule has 0 unspecified atom stereocenters. The van der Waals surface area contributed by atoms with Gasteiger partial charge in [0.05, 0.1) is 34.4 Å². The summed E-state index contributed by atoms with van der Waals surface area (Å²) in [7, 11) is 4.67. The lowest BCUT2D eigenvalue weighted by Gasteiger charge is -2.35. The summed E-state index contributed by atoms with van der Waals surface area (Å²) in [6.07, 6.45) is 4.73. The number of quaternary nitrogens is 1. The van der Waals surface area contributed by atoms with Crippen LogP contribution in [0.1, 0.15) is 24.0 Å². The first kappa shape index (κ1) is 20.7. The molecule has 2 aromatic rings. The quantitative estimate of drug-likeness (QED) is 0.573. The Morgan fingerprint density at radius 3 is 2.14 bits per heavy atom. The van der Waals surface area contributed by atoms with Crippen molar-refractivity contribution in [2.45, 2.75) is 18.4 Å². The van der Waals surface area contributed by atoms with Crippen molar-refractivity contribution < 1.29 is 29.1 Å². The maximum absolute atomic E-state index is 12.7. The van der Waals surface area contributed by atoms with Crippen LogP contribution in [0.15, 0.2) is 48.5 Å². The van der Waals surface area contributed by atoms with Gasteiger partial charge >= 0.3 is 5.97 Å². The zero-order valence-electron chi connectivity index (χ0n) is 17.1. The highest BCUT2D eigenvalue weighted by atomic mass is 16.6. The molecule has 1 fully saturated rings. The van der Waals surface area contributed by atoms with E-state index in [1.54, 1.807) is 39.5 Å². The van der Waals surface area contributed by atoms with Gasteiger partial charge in [0, 0.05) is 18.9 Å². The van der Waals surface area contributed by atoms with Gasteiger partial charge in [-0.25, -0.2) is 4.79 Å².